The molecular weight excluding hydrogens is 520 g/mol. The number of cyclic esters (lactones) is 1. The molecule has 10 heteroatoms. The summed E-state index contributed by atoms with van der Waals surface area (Å²) in [5, 5.41) is 41.5. The van der Waals surface area contributed by atoms with Crippen LogP contribution >= 0.6 is 0 Å². The Morgan fingerprint density at radius 1 is 0.900 bits per heavy atom. The lowest BCUT2D eigenvalue weighted by molar-refractivity contribution is -0.141. The number of phenolic OH excluding ortho intramolecular Hbond substituents is 2. The van der Waals surface area contributed by atoms with Crippen LogP contribution in [-0.4, -0.2) is 60.9 Å². The molecule has 1 fully saturated rings. The number of esters is 1. The predicted octanol–water partition coefficient (Wildman–Crippen LogP) is 3.40. The molecule has 3 aromatic rings. The van der Waals surface area contributed by atoms with Gasteiger partial charge in [-0.15, -0.1) is 0 Å². The Kier molecular flexibility index (Phi) is 7.64. The number of ether oxygens (including phenoxy) is 5. The average Bonchev–Trinajstić information content (AvgIpc) is 3.52. The number of fused-ring (bicyclic) bond motifs is 1. The Morgan fingerprint density at radius 3 is 2.25 bits per heavy atom. The van der Waals surface area contributed by atoms with E-state index in [4.69, 9.17) is 23.7 Å². The van der Waals surface area contributed by atoms with Crippen LogP contribution in [0.5, 0.6) is 34.5 Å². The van der Waals surface area contributed by atoms with Crippen LogP contribution in [0, 0.1) is 11.8 Å². The number of hydrogen-bond donors (Lipinski definition) is 4. The van der Waals surface area contributed by atoms with Crippen molar-refractivity contribution in [1.82, 2.24) is 0 Å². The van der Waals surface area contributed by atoms with Crippen molar-refractivity contribution in [2.75, 3.05) is 34.5 Å². The van der Waals surface area contributed by atoms with Gasteiger partial charge in [-0.3, -0.25) is 4.79 Å². The van der Waals surface area contributed by atoms with Crippen molar-refractivity contribution in [2.45, 2.75) is 24.5 Å². The van der Waals surface area contributed by atoms with Crippen molar-refractivity contribution in [1.29, 1.82) is 0 Å². The number of rotatable bonds is 9. The lowest BCUT2D eigenvalue weighted by Crippen LogP contribution is -2.24. The van der Waals surface area contributed by atoms with Gasteiger partial charge in [0.15, 0.2) is 34.5 Å². The first kappa shape index (κ1) is 27.4. The lowest BCUT2D eigenvalue weighted by Gasteiger charge is -2.22. The van der Waals surface area contributed by atoms with E-state index in [-0.39, 0.29) is 42.6 Å². The summed E-state index contributed by atoms with van der Waals surface area (Å²) in [5.41, 5.74) is 2.68. The van der Waals surface area contributed by atoms with E-state index in [0.29, 0.717) is 22.6 Å². The van der Waals surface area contributed by atoms with Crippen LogP contribution in [0.25, 0.3) is 0 Å². The van der Waals surface area contributed by atoms with E-state index in [1.807, 2.05) is 6.07 Å². The number of carbonyl (C=O) groups excluding carboxylic acids is 1. The summed E-state index contributed by atoms with van der Waals surface area (Å²) < 4.78 is 27.7. The summed E-state index contributed by atoms with van der Waals surface area (Å²) in [4.78, 5) is 12.8. The molecule has 4 N–H and O–H groups in total. The topological polar surface area (TPSA) is 144 Å². The zero-order valence-electron chi connectivity index (χ0n) is 22.4. The van der Waals surface area contributed by atoms with Gasteiger partial charge in [0.2, 0.25) is 0 Å². The van der Waals surface area contributed by atoms with Crippen LogP contribution in [0.2, 0.25) is 0 Å². The first-order valence-corrected chi connectivity index (χ1v) is 12.9. The monoisotopic (exact) mass is 552 g/mol. The molecule has 212 valence electrons. The number of benzene rings is 3. The fraction of sp³-hybridized carbons (Fsp3) is 0.367. The minimum absolute atomic E-state index is 0.00637. The Hall–Kier alpha value is -4.15. The second-order valence-corrected chi connectivity index (χ2v) is 9.96. The molecule has 0 aromatic heterocycles. The Balaban J connectivity index is 1.44. The highest BCUT2D eigenvalue weighted by atomic mass is 16.5. The lowest BCUT2D eigenvalue weighted by atomic mass is 9.82. The second-order valence-electron chi connectivity index (χ2n) is 9.96. The van der Waals surface area contributed by atoms with E-state index in [9.17, 15) is 25.2 Å². The molecule has 3 aromatic carbocycles. The van der Waals surface area contributed by atoms with Gasteiger partial charge in [-0.2, -0.15) is 0 Å². The number of aliphatic hydroxyl groups is 2. The zero-order chi connectivity index (χ0) is 28.6. The molecule has 1 saturated heterocycles. The largest absolute Gasteiger partial charge is 0.504 e. The minimum Gasteiger partial charge on any atom is -0.504 e. The Labute approximate surface area is 231 Å². The maximum Gasteiger partial charge on any atom is 0.309 e. The molecule has 5 rings (SSSR count). The molecule has 0 spiro atoms. The van der Waals surface area contributed by atoms with Crippen LogP contribution in [0.3, 0.4) is 0 Å². The summed E-state index contributed by atoms with van der Waals surface area (Å²) in [6.07, 6.45) is -1.34. The highest BCUT2D eigenvalue weighted by Gasteiger charge is 2.43. The molecule has 5 unspecified atom stereocenters. The van der Waals surface area contributed by atoms with Crippen LogP contribution in [0.15, 0.2) is 48.5 Å². The fourth-order valence-corrected chi connectivity index (χ4v) is 5.59. The second kappa shape index (κ2) is 11.1. The molecule has 2 aliphatic heterocycles. The SMILES string of the molecule is COc1cc(C(O)C2COC(=O)C2Cc2cc(OC)c3c(c2)C(CO)C(c2ccc(O)c(OC)c2)O3)ccc1O. The van der Waals surface area contributed by atoms with Gasteiger partial charge >= 0.3 is 5.97 Å². The maximum atomic E-state index is 12.8. The number of phenols is 2. The molecule has 2 aliphatic rings. The van der Waals surface area contributed by atoms with E-state index < -0.39 is 35.9 Å². The normalized spacial score (nSPS) is 22.3. The molecule has 0 amide bonds. The fourth-order valence-electron chi connectivity index (χ4n) is 5.59. The summed E-state index contributed by atoms with van der Waals surface area (Å²) >= 11 is 0. The zero-order valence-corrected chi connectivity index (χ0v) is 22.4. The molecule has 0 radical (unpaired) electrons. The van der Waals surface area contributed by atoms with E-state index in [1.54, 1.807) is 30.3 Å². The van der Waals surface area contributed by atoms with Gasteiger partial charge in [0, 0.05) is 11.5 Å². The maximum absolute atomic E-state index is 12.8. The van der Waals surface area contributed by atoms with Gasteiger partial charge in [-0.1, -0.05) is 18.2 Å². The van der Waals surface area contributed by atoms with Crippen LogP contribution < -0.4 is 18.9 Å². The van der Waals surface area contributed by atoms with E-state index in [0.717, 1.165) is 11.1 Å². The molecule has 0 bridgehead atoms. The van der Waals surface area contributed by atoms with Gasteiger partial charge in [0.25, 0.3) is 0 Å². The first-order chi connectivity index (χ1) is 19.3. The van der Waals surface area contributed by atoms with Crippen LogP contribution in [0.1, 0.15) is 40.4 Å². The molecule has 0 saturated carbocycles. The number of carbonyl (C=O) groups is 1. The third kappa shape index (κ3) is 4.84. The van der Waals surface area contributed by atoms with Crippen molar-refractivity contribution in [3.05, 3.63) is 70.8 Å². The highest BCUT2D eigenvalue weighted by Crippen LogP contribution is 2.52. The third-order valence-corrected chi connectivity index (χ3v) is 7.75. The van der Waals surface area contributed by atoms with Crippen molar-refractivity contribution in [3.63, 3.8) is 0 Å². The Morgan fingerprint density at radius 2 is 1.57 bits per heavy atom. The van der Waals surface area contributed by atoms with Crippen molar-refractivity contribution in [2.24, 2.45) is 11.8 Å². The quantitative estimate of drug-likeness (QED) is 0.292. The number of aliphatic hydroxyl groups excluding tert-OH is 2. The van der Waals surface area contributed by atoms with Crippen molar-refractivity contribution >= 4 is 5.97 Å². The summed E-state index contributed by atoms with van der Waals surface area (Å²) in [6, 6.07) is 13.1. The molecule has 10 nitrogen and oxygen atoms in total. The van der Waals surface area contributed by atoms with Gasteiger partial charge in [0.1, 0.15) is 6.10 Å². The molecular formula is C30H32O10. The standard InChI is InChI=1S/C30H32O10/c1-36-24-11-16(4-6-22(24)32)27(34)21-14-39-30(35)19(21)9-15-8-18-20(13-31)28(40-29(18)26(10-15)38-3)17-5-7-23(33)25(12-17)37-2/h4-8,10-12,19-21,27-28,31-34H,9,13-14H2,1-3H3. The number of methoxy groups -OCH3 is 3. The number of hydrogen-bond acceptors (Lipinski definition) is 10. The van der Waals surface area contributed by atoms with Crippen molar-refractivity contribution in [3.8, 4) is 34.5 Å². The van der Waals surface area contributed by atoms with Crippen LogP contribution in [0.4, 0.5) is 0 Å². The highest BCUT2D eigenvalue weighted by molar-refractivity contribution is 5.75. The number of aromatic hydroxyl groups is 2. The molecule has 5 atom stereocenters. The summed E-state index contributed by atoms with van der Waals surface area (Å²) in [7, 11) is 4.39. The van der Waals surface area contributed by atoms with Gasteiger partial charge in [0.05, 0.1) is 52.5 Å². The van der Waals surface area contributed by atoms with E-state index in [2.05, 4.69) is 0 Å². The van der Waals surface area contributed by atoms with Crippen LogP contribution in [-0.2, 0) is 16.0 Å². The average molecular weight is 553 g/mol. The van der Waals surface area contributed by atoms with E-state index in [1.165, 1.54) is 33.5 Å². The molecule has 0 aliphatic carbocycles. The van der Waals surface area contributed by atoms with Gasteiger partial charge < -0.3 is 44.1 Å². The van der Waals surface area contributed by atoms with E-state index >= 15 is 0 Å². The first-order valence-electron chi connectivity index (χ1n) is 12.9. The summed E-state index contributed by atoms with van der Waals surface area (Å²) in [5.74, 6) is -0.660. The van der Waals surface area contributed by atoms with Crippen molar-refractivity contribution < 1.29 is 48.9 Å². The predicted molar refractivity (Wildman–Crippen MR) is 142 cm³/mol. The molecule has 40 heavy (non-hydrogen) atoms. The molecule has 2 heterocycles. The Bertz CT molecular complexity index is 1400. The smallest absolute Gasteiger partial charge is 0.309 e. The summed E-state index contributed by atoms with van der Waals surface area (Å²) in [6.45, 7) is -0.175. The minimum atomic E-state index is -1.04. The van der Waals surface area contributed by atoms with Gasteiger partial charge in [-0.05, 0) is 53.4 Å². The third-order valence-electron chi connectivity index (χ3n) is 7.75. The van der Waals surface area contributed by atoms with Gasteiger partial charge in [-0.25, -0.2) is 0 Å².